The Balaban J connectivity index is 1.67. The van der Waals surface area contributed by atoms with E-state index >= 15 is 0 Å². The van der Waals surface area contributed by atoms with E-state index in [0.29, 0.717) is 12.0 Å². The molecule has 0 bridgehead atoms. The minimum atomic E-state index is -4.04. The maximum absolute atomic E-state index is 13.1. The van der Waals surface area contributed by atoms with Crippen molar-refractivity contribution >= 4 is 95.6 Å². The molecule has 23 nitrogen and oxygen atoms in total. The molecule has 0 saturated carbocycles. The molecular weight excluding hydrogens is 855 g/mol. The lowest BCUT2D eigenvalue weighted by molar-refractivity contribution is -0.434. The minimum Gasteiger partial charge on any atom is -0.505 e. The smallest absolute Gasteiger partial charge is 0.197 e. The van der Waals surface area contributed by atoms with Crippen LogP contribution in [0.5, 0.6) is 17.2 Å². The van der Waals surface area contributed by atoms with Gasteiger partial charge in [-0.15, -0.1) is 28.3 Å². The molecule has 0 fully saturated rings. The molecule has 0 aliphatic rings. The number of rotatable bonds is 23. The molecule has 0 aliphatic heterocycles. The highest BCUT2D eigenvalue weighted by Crippen LogP contribution is 2.48. The van der Waals surface area contributed by atoms with Crippen LogP contribution in [-0.4, -0.2) is 76.7 Å². The molecule has 28 heteroatoms. The van der Waals surface area contributed by atoms with Gasteiger partial charge in [0, 0.05) is 22.9 Å². The quantitative estimate of drug-likeness (QED) is 0.0126. The largest absolute Gasteiger partial charge is 0.505 e. The predicted octanol–water partition coefficient (Wildman–Crippen LogP) is 6.95. The number of nitrogens with two attached hydrogens (primary N) is 1. The van der Waals surface area contributed by atoms with Crippen LogP contribution in [0.4, 0.5) is 28.4 Å². The molecule has 0 unspecified atom stereocenters. The fraction of sp³-hybridized carbons (Fsp3) is 0.214. The van der Waals surface area contributed by atoms with Crippen molar-refractivity contribution in [2.24, 2.45) is 20.5 Å². The van der Waals surface area contributed by atoms with Gasteiger partial charge in [-0.05, 0) is 42.5 Å². The molecule has 4 aromatic carbocycles. The summed E-state index contributed by atoms with van der Waals surface area (Å²) < 4.78 is 84.3. The molecule has 4 aromatic rings. The van der Waals surface area contributed by atoms with Crippen molar-refractivity contribution in [1.29, 1.82) is 0 Å². The summed E-state index contributed by atoms with van der Waals surface area (Å²) in [7, 11) is -5.32. The van der Waals surface area contributed by atoms with Gasteiger partial charge in [0.1, 0.15) is 33.5 Å². The Bertz CT molecular complexity index is 2230. The average molecular weight is 884 g/mol. The highest BCUT2D eigenvalue weighted by atomic mass is 32.2. The Hall–Kier alpha value is -3.95. The van der Waals surface area contributed by atoms with Gasteiger partial charge in [0.2, 0.25) is 0 Å². The molecular formula is C28H29N5O18S5. The number of methoxy groups -OCH3 is 2. The fourth-order valence-corrected chi connectivity index (χ4v) is 7.97. The monoisotopic (exact) mass is 883 g/mol. The van der Waals surface area contributed by atoms with Crippen LogP contribution in [0.25, 0.3) is 10.8 Å². The number of hydrogen-bond donors (Lipinski definition) is 5. The van der Waals surface area contributed by atoms with Gasteiger partial charge in [-0.3, -0.25) is 8.37 Å². The number of nitrogens with zero attached hydrogens (tertiary/aromatic N) is 4. The molecule has 0 atom stereocenters. The van der Waals surface area contributed by atoms with E-state index in [1.54, 1.807) is 0 Å². The molecule has 0 radical (unpaired) electrons. The maximum Gasteiger partial charge on any atom is 0.197 e. The zero-order valence-electron chi connectivity index (χ0n) is 28.4. The number of azo groups is 2. The number of fused-ring (bicyclic) bond motifs is 1. The maximum atomic E-state index is 13.1. The lowest BCUT2D eigenvalue weighted by Gasteiger charge is -2.13. The summed E-state index contributed by atoms with van der Waals surface area (Å²) in [5.74, 6) is -1.60. The lowest BCUT2D eigenvalue weighted by atomic mass is 10.1. The van der Waals surface area contributed by atoms with Crippen LogP contribution in [-0.2, 0) is 56.2 Å². The van der Waals surface area contributed by atoms with Gasteiger partial charge in [0.25, 0.3) is 0 Å². The van der Waals surface area contributed by atoms with E-state index in [0.717, 1.165) is 6.07 Å². The summed E-state index contributed by atoms with van der Waals surface area (Å²) in [6.45, 7) is -0.637. The van der Waals surface area contributed by atoms with Crippen molar-refractivity contribution in [2.45, 2.75) is 14.7 Å². The van der Waals surface area contributed by atoms with Gasteiger partial charge in [0.15, 0.2) is 50.1 Å². The number of ether oxygens (including phenoxy) is 2. The third-order valence-electron chi connectivity index (χ3n) is 6.99. The number of phenolic OH excluding ortho intramolecular Hbond substituents is 1. The summed E-state index contributed by atoms with van der Waals surface area (Å²) in [4.78, 5) is -0.292. The van der Waals surface area contributed by atoms with Gasteiger partial charge in [0.05, 0.1) is 72.1 Å². The first-order valence-corrected chi connectivity index (χ1v) is 20.2. The molecule has 56 heavy (non-hydrogen) atoms. The summed E-state index contributed by atoms with van der Waals surface area (Å²) >= 11 is 0.877. The lowest BCUT2D eigenvalue weighted by Crippen LogP contribution is -2.12. The van der Waals surface area contributed by atoms with Crippen LogP contribution >= 0.6 is 36.7 Å². The number of aromatic hydroxyl groups is 1. The Morgan fingerprint density at radius 3 is 1.89 bits per heavy atom. The fourth-order valence-electron chi connectivity index (χ4n) is 4.50. The van der Waals surface area contributed by atoms with E-state index in [1.165, 1.54) is 62.8 Å². The molecule has 0 aromatic heterocycles. The first-order chi connectivity index (χ1) is 26.9. The molecule has 0 spiro atoms. The van der Waals surface area contributed by atoms with Crippen LogP contribution in [0.1, 0.15) is 0 Å². The van der Waals surface area contributed by atoms with Crippen molar-refractivity contribution in [3.8, 4) is 17.2 Å². The van der Waals surface area contributed by atoms with Gasteiger partial charge >= 0.3 is 0 Å². The van der Waals surface area contributed by atoms with Crippen molar-refractivity contribution in [2.75, 3.05) is 44.7 Å². The normalized spacial score (nSPS) is 12.3. The zero-order chi connectivity index (χ0) is 40.7. The molecule has 0 amide bonds. The number of hydrogen-bond acceptors (Lipinski definition) is 26. The van der Waals surface area contributed by atoms with Crippen molar-refractivity contribution in [1.82, 2.24) is 0 Å². The first-order valence-electron chi connectivity index (χ1n) is 14.8. The number of anilines is 1. The molecule has 304 valence electrons. The summed E-state index contributed by atoms with van der Waals surface area (Å²) in [5, 5.41) is 64.1. The zero-order valence-corrected chi connectivity index (χ0v) is 32.5. The number of sulfone groups is 2. The third-order valence-corrected chi connectivity index (χ3v) is 11.8. The van der Waals surface area contributed by atoms with Crippen LogP contribution in [0.15, 0.2) is 89.7 Å². The number of nitrogen functional groups attached to an aromatic ring is 1. The number of phenols is 1. The van der Waals surface area contributed by atoms with E-state index < -0.39 is 36.9 Å². The van der Waals surface area contributed by atoms with E-state index in [-0.39, 0.29) is 103 Å². The summed E-state index contributed by atoms with van der Waals surface area (Å²) in [6, 6.07) is 12.1. The Labute approximate surface area is 329 Å². The van der Waals surface area contributed by atoms with Crippen molar-refractivity contribution in [3.63, 3.8) is 0 Å². The van der Waals surface area contributed by atoms with Crippen LogP contribution < -0.4 is 15.2 Å². The predicted molar refractivity (Wildman–Crippen MR) is 196 cm³/mol. The molecule has 0 heterocycles. The van der Waals surface area contributed by atoms with E-state index in [2.05, 4.69) is 48.6 Å². The van der Waals surface area contributed by atoms with Crippen molar-refractivity contribution < 1.29 is 83.7 Å². The average Bonchev–Trinajstić information content (AvgIpc) is 3.18. The SMILES string of the molecule is COc1cc(S(=O)(=O)CCOSOOO)c(OC)cc1/N=N/c1c(SOOO)cc2c(/N=N/c3ccc(S(=O)(=O)CCOSOOO)cc3)c(N)ccc2c1O. The van der Waals surface area contributed by atoms with Gasteiger partial charge < -0.3 is 20.3 Å². The highest BCUT2D eigenvalue weighted by Gasteiger charge is 2.24. The van der Waals surface area contributed by atoms with Gasteiger partial charge in [-0.25, -0.2) is 32.6 Å². The van der Waals surface area contributed by atoms with Crippen LogP contribution in [0.3, 0.4) is 0 Å². The molecule has 0 saturated heterocycles. The van der Waals surface area contributed by atoms with Crippen LogP contribution in [0.2, 0.25) is 0 Å². The summed E-state index contributed by atoms with van der Waals surface area (Å²) in [6.07, 6.45) is 0. The Morgan fingerprint density at radius 2 is 1.29 bits per heavy atom. The first kappa shape index (κ1) is 44.8. The van der Waals surface area contributed by atoms with E-state index in [9.17, 15) is 21.9 Å². The Kier molecular flexibility index (Phi) is 17.2. The van der Waals surface area contributed by atoms with E-state index in [4.69, 9.17) is 39.3 Å². The second kappa shape index (κ2) is 21.5. The van der Waals surface area contributed by atoms with Crippen molar-refractivity contribution in [3.05, 3.63) is 54.6 Å². The standard InChI is InChI=1S/C28H29N5O18S5/c1-42-22-15-25(56(40,41)12-10-45-54-51-48-37)23(43-2)14-21(22)31-33-27-24(52-49-46-35)13-19-18(28(27)34)7-8-20(29)26(19)32-30-16-3-5-17(6-4-16)55(38,39)11-9-44-53-50-47-36/h3-8,13-15,34-37H,9-12,29H2,1-2H3/b32-30+,33-31+. The highest BCUT2D eigenvalue weighted by molar-refractivity contribution is 7.94. The second-order valence-electron chi connectivity index (χ2n) is 10.2. The number of benzene rings is 4. The van der Waals surface area contributed by atoms with Gasteiger partial charge in [-0.2, -0.15) is 5.11 Å². The minimum absolute atomic E-state index is 0.0146. The van der Waals surface area contributed by atoms with Crippen LogP contribution in [0, 0.1) is 0 Å². The van der Waals surface area contributed by atoms with Gasteiger partial charge in [-0.1, -0.05) is 15.1 Å². The molecule has 0 aliphatic carbocycles. The molecule has 6 N–H and O–H groups in total. The summed E-state index contributed by atoms with van der Waals surface area (Å²) in [5.41, 5.74) is 6.44. The van der Waals surface area contributed by atoms with E-state index in [1.807, 2.05) is 0 Å². The third kappa shape index (κ3) is 11.8. The Morgan fingerprint density at radius 1 is 0.679 bits per heavy atom. The molecule has 4 rings (SSSR count). The second-order valence-corrected chi connectivity index (χ2v) is 16.1. The topological polar surface area (TPSA) is 317 Å².